The summed E-state index contributed by atoms with van der Waals surface area (Å²) in [6, 6.07) is 0. The summed E-state index contributed by atoms with van der Waals surface area (Å²) < 4.78 is 29.9. The highest BCUT2D eigenvalue weighted by molar-refractivity contribution is 5.97. The Morgan fingerprint density at radius 1 is 0.938 bits per heavy atom. The van der Waals surface area contributed by atoms with Crippen molar-refractivity contribution < 1.29 is 28.5 Å². The van der Waals surface area contributed by atoms with Crippen LogP contribution in [0.4, 0.5) is 0 Å². The summed E-state index contributed by atoms with van der Waals surface area (Å²) in [5.74, 6) is -2.88. The van der Waals surface area contributed by atoms with Gasteiger partial charge in [0.1, 0.15) is 24.5 Å². The lowest BCUT2D eigenvalue weighted by Crippen LogP contribution is -2.59. The van der Waals surface area contributed by atoms with E-state index in [1.165, 1.54) is 44.9 Å². The summed E-state index contributed by atoms with van der Waals surface area (Å²) in [5.41, 5.74) is 3.16. The van der Waals surface area contributed by atoms with Gasteiger partial charge in [0.25, 0.3) is 0 Å². The number of hydrogen-bond acceptors (Lipinski definition) is 7. The number of ether oxygens (including phenoxy) is 5. The first-order valence-electron chi connectivity index (χ1n) is 12.4. The van der Waals surface area contributed by atoms with Crippen LogP contribution in [0.15, 0.2) is 5.10 Å². The fourth-order valence-corrected chi connectivity index (χ4v) is 4.54. The Balaban J connectivity index is 1.50. The van der Waals surface area contributed by atoms with Crippen LogP contribution in [0.1, 0.15) is 98.8 Å². The number of fused-ring (bicyclic) bond motifs is 1. The zero-order valence-corrected chi connectivity index (χ0v) is 20.5. The van der Waals surface area contributed by atoms with Crippen LogP contribution in [0.3, 0.4) is 0 Å². The van der Waals surface area contributed by atoms with Gasteiger partial charge < -0.3 is 23.7 Å². The lowest BCUT2D eigenvalue weighted by molar-refractivity contribution is -0.236. The molecule has 3 atom stereocenters. The number of amides is 1. The first-order valence-corrected chi connectivity index (χ1v) is 12.4. The smallest absolute Gasteiger partial charge is 0.240 e. The minimum absolute atomic E-state index is 0.117. The summed E-state index contributed by atoms with van der Waals surface area (Å²) in [7, 11) is 0. The largest absolute Gasteiger partial charge is 0.344 e. The first-order chi connectivity index (χ1) is 15.2. The standard InChI is InChI=1S/C24H42N2O6/c1-6-7-8-9-10-11-12-13-14-15-19(27)25-26-21-20-18(30-23(4,5)31-20)16-28-24(21)17-29-22(2,3)32-24/h18,20H,6-17H2,1-5H3,(H,25,27)/b26-21+/t18-,20-,24-/m1/s1. The van der Waals surface area contributed by atoms with Gasteiger partial charge in [-0.25, -0.2) is 5.43 Å². The number of nitrogens with one attached hydrogen (secondary N) is 1. The zero-order chi connectivity index (χ0) is 23.2. The molecule has 0 radical (unpaired) electrons. The molecule has 3 fully saturated rings. The van der Waals surface area contributed by atoms with Crippen molar-refractivity contribution in [3.63, 3.8) is 0 Å². The normalized spacial score (nSPS) is 31.8. The minimum Gasteiger partial charge on any atom is -0.344 e. The lowest BCUT2D eigenvalue weighted by atomic mass is 9.98. The van der Waals surface area contributed by atoms with E-state index in [9.17, 15) is 4.79 Å². The van der Waals surface area contributed by atoms with Crippen LogP contribution in [-0.4, -0.2) is 54.4 Å². The summed E-state index contributed by atoms with van der Waals surface area (Å²) in [5, 5.41) is 4.43. The molecule has 184 valence electrons. The molecule has 0 bridgehead atoms. The monoisotopic (exact) mass is 454 g/mol. The average Bonchev–Trinajstić information content (AvgIpc) is 3.20. The number of rotatable bonds is 11. The molecule has 0 aromatic carbocycles. The highest BCUT2D eigenvalue weighted by Gasteiger charge is 2.61. The number of carbonyl (C=O) groups excluding carboxylic acids is 1. The van der Waals surface area contributed by atoms with Crippen molar-refractivity contribution in [2.75, 3.05) is 13.2 Å². The molecule has 0 saturated carbocycles. The third-order valence-electron chi connectivity index (χ3n) is 6.15. The van der Waals surface area contributed by atoms with Crippen molar-refractivity contribution in [3.05, 3.63) is 0 Å². The summed E-state index contributed by atoms with van der Waals surface area (Å²) in [6.07, 6.45) is 10.6. The maximum Gasteiger partial charge on any atom is 0.240 e. The Hall–Kier alpha value is -1.06. The van der Waals surface area contributed by atoms with Crippen LogP contribution in [0.5, 0.6) is 0 Å². The highest BCUT2D eigenvalue weighted by Crippen LogP contribution is 2.42. The summed E-state index contributed by atoms with van der Waals surface area (Å²) in [6.45, 7) is 10.1. The molecular weight excluding hydrogens is 412 g/mol. The van der Waals surface area contributed by atoms with Crippen molar-refractivity contribution in [2.45, 2.75) is 128 Å². The molecule has 3 aliphatic heterocycles. The van der Waals surface area contributed by atoms with Gasteiger partial charge in [0.2, 0.25) is 11.7 Å². The Morgan fingerprint density at radius 2 is 1.59 bits per heavy atom. The van der Waals surface area contributed by atoms with Crippen LogP contribution in [0.2, 0.25) is 0 Å². The molecule has 0 aliphatic carbocycles. The zero-order valence-electron chi connectivity index (χ0n) is 20.5. The highest BCUT2D eigenvalue weighted by atomic mass is 16.8. The minimum atomic E-state index is -1.18. The van der Waals surface area contributed by atoms with Gasteiger partial charge in [-0.15, -0.1) is 0 Å². The fraction of sp³-hybridized carbons (Fsp3) is 0.917. The van der Waals surface area contributed by atoms with Gasteiger partial charge in [0, 0.05) is 6.42 Å². The van der Waals surface area contributed by atoms with E-state index in [2.05, 4.69) is 17.5 Å². The molecular formula is C24H42N2O6. The quantitative estimate of drug-likeness (QED) is 0.368. The summed E-state index contributed by atoms with van der Waals surface area (Å²) in [4.78, 5) is 12.4. The average molecular weight is 455 g/mol. The molecule has 3 rings (SSSR count). The number of hydrogen-bond donors (Lipinski definition) is 1. The molecule has 0 unspecified atom stereocenters. The molecule has 3 saturated heterocycles. The molecule has 1 amide bonds. The molecule has 0 aromatic rings. The second kappa shape index (κ2) is 10.9. The van der Waals surface area contributed by atoms with Gasteiger partial charge in [0.15, 0.2) is 11.6 Å². The second-order valence-corrected chi connectivity index (χ2v) is 10.1. The Bertz CT molecular complexity index is 663. The fourth-order valence-electron chi connectivity index (χ4n) is 4.54. The van der Waals surface area contributed by atoms with Crippen molar-refractivity contribution >= 4 is 11.6 Å². The van der Waals surface area contributed by atoms with Crippen LogP contribution in [-0.2, 0) is 28.5 Å². The van der Waals surface area contributed by atoms with Gasteiger partial charge in [-0.1, -0.05) is 58.3 Å². The molecule has 0 aromatic heterocycles. The van der Waals surface area contributed by atoms with Crippen molar-refractivity contribution in [1.29, 1.82) is 0 Å². The van der Waals surface area contributed by atoms with E-state index >= 15 is 0 Å². The topological polar surface area (TPSA) is 87.6 Å². The SMILES string of the molecule is CCCCCCCCCCCC(=O)N/N=C1\[C@@H]2OC(C)(C)O[C@@H]2CO[C@@]12COC(C)(C)O2. The van der Waals surface area contributed by atoms with Crippen molar-refractivity contribution in [2.24, 2.45) is 5.10 Å². The third-order valence-corrected chi connectivity index (χ3v) is 6.15. The number of carbonyl (C=O) groups is 1. The van der Waals surface area contributed by atoms with Crippen LogP contribution in [0, 0.1) is 0 Å². The third kappa shape index (κ3) is 6.73. The van der Waals surface area contributed by atoms with E-state index in [4.69, 9.17) is 23.7 Å². The van der Waals surface area contributed by atoms with E-state index in [0.717, 1.165) is 12.8 Å². The molecule has 3 heterocycles. The van der Waals surface area contributed by atoms with Crippen molar-refractivity contribution in [3.8, 4) is 0 Å². The Kier molecular flexibility index (Phi) is 8.72. The molecule has 3 aliphatic rings. The summed E-state index contributed by atoms with van der Waals surface area (Å²) >= 11 is 0. The molecule has 32 heavy (non-hydrogen) atoms. The predicted octanol–water partition coefficient (Wildman–Crippen LogP) is 4.41. The van der Waals surface area contributed by atoms with Gasteiger partial charge in [-0.3, -0.25) is 4.79 Å². The van der Waals surface area contributed by atoms with E-state index < -0.39 is 23.5 Å². The van der Waals surface area contributed by atoms with Gasteiger partial charge >= 0.3 is 0 Å². The first kappa shape index (κ1) is 25.6. The van der Waals surface area contributed by atoms with Crippen LogP contribution in [0.25, 0.3) is 0 Å². The van der Waals surface area contributed by atoms with E-state index in [1.807, 2.05) is 27.7 Å². The molecule has 8 nitrogen and oxygen atoms in total. The van der Waals surface area contributed by atoms with Crippen molar-refractivity contribution in [1.82, 2.24) is 5.43 Å². The van der Waals surface area contributed by atoms with Crippen LogP contribution >= 0.6 is 0 Å². The van der Waals surface area contributed by atoms with E-state index in [0.29, 0.717) is 18.7 Å². The lowest BCUT2D eigenvalue weighted by Gasteiger charge is -2.38. The van der Waals surface area contributed by atoms with Gasteiger partial charge in [-0.2, -0.15) is 5.10 Å². The second-order valence-electron chi connectivity index (χ2n) is 10.1. The van der Waals surface area contributed by atoms with E-state index in [-0.39, 0.29) is 18.6 Å². The van der Waals surface area contributed by atoms with Gasteiger partial charge in [0.05, 0.1) is 6.61 Å². The van der Waals surface area contributed by atoms with Crippen LogP contribution < -0.4 is 5.43 Å². The maximum absolute atomic E-state index is 12.4. The maximum atomic E-state index is 12.4. The van der Waals surface area contributed by atoms with E-state index in [1.54, 1.807) is 0 Å². The molecule has 1 N–H and O–H groups in total. The number of unbranched alkanes of at least 4 members (excludes halogenated alkanes) is 8. The Labute approximate surface area is 192 Å². The molecule has 1 spiro atoms. The Morgan fingerprint density at radius 3 is 2.22 bits per heavy atom. The number of nitrogens with zero attached hydrogens (tertiary/aromatic N) is 1. The predicted molar refractivity (Wildman–Crippen MR) is 121 cm³/mol. The number of hydrazone groups is 1. The van der Waals surface area contributed by atoms with Gasteiger partial charge in [-0.05, 0) is 34.1 Å². The molecule has 8 heteroatoms.